The normalized spacial score (nSPS) is 18.3. The lowest BCUT2D eigenvalue weighted by Crippen LogP contribution is -2.48. The van der Waals surface area contributed by atoms with Crippen LogP contribution in [0.1, 0.15) is 25.0 Å². The number of benzene rings is 1. The molecule has 31 heavy (non-hydrogen) atoms. The molecule has 0 radical (unpaired) electrons. The predicted molar refractivity (Wildman–Crippen MR) is 123 cm³/mol. The summed E-state index contributed by atoms with van der Waals surface area (Å²) in [6.07, 6.45) is 6.02. The van der Waals surface area contributed by atoms with Crippen molar-refractivity contribution in [2.45, 2.75) is 26.4 Å². The van der Waals surface area contributed by atoms with E-state index in [0.29, 0.717) is 48.6 Å². The molecule has 164 valence electrons. The molecule has 0 aliphatic carbocycles. The van der Waals surface area contributed by atoms with Gasteiger partial charge >= 0.3 is 0 Å². The van der Waals surface area contributed by atoms with Crippen LogP contribution >= 0.6 is 23.2 Å². The molecule has 4 rings (SSSR count). The van der Waals surface area contributed by atoms with Crippen LogP contribution in [0.4, 0.5) is 5.82 Å². The highest BCUT2D eigenvalue weighted by Gasteiger charge is 2.23. The summed E-state index contributed by atoms with van der Waals surface area (Å²) >= 11 is 12.2. The van der Waals surface area contributed by atoms with Gasteiger partial charge in [-0.15, -0.1) is 0 Å². The number of hydrogen-bond acceptors (Lipinski definition) is 5. The van der Waals surface area contributed by atoms with Gasteiger partial charge in [-0.1, -0.05) is 23.2 Å². The van der Waals surface area contributed by atoms with Crippen LogP contribution in [0.2, 0.25) is 10.0 Å². The lowest BCUT2D eigenvalue weighted by Gasteiger charge is -2.35. The summed E-state index contributed by atoms with van der Waals surface area (Å²) in [6, 6.07) is 5.66. The van der Waals surface area contributed by atoms with E-state index in [9.17, 15) is 4.79 Å². The van der Waals surface area contributed by atoms with Gasteiger partial charge in [0.15, 0.2) is 0 Å². The molecule has 0 saturated carbocycles. The zero-order valence-corrected chi connectivity index (χ0v) is 19.1. The minimum absolute atomic E-state index is 0.0351. The summed E-state index contributed by atoms with van der Waals surface area (Å²) in [5, 5.41) is 1.02. The maximum Gasteiger partial charge on any atom is 0.246 e. The van der Waals surface area contributed by atoms with Gasteiger partial charge in [0, 0.05) is 56.0 Å². The SMILES string of the molecule is CCOc1cc2c(cc1/C=C/C(=O)N1CCN(c3ncc(Cl)cc3Cl)CC1)OC(C)C2. The van der Waals surface area contributed by atoms with Crippen molar-refractivity contribution in [3.8, 4) is 11.5 Å². The van der Waals surface area contributed by atoms with Crippen LogP contribution in [0.3, 0.4) is 0 Å². The van der Waals surface area contributed by atoms with Crippen molar-refractivity contribution < 1.29 is 14.3 Å². The molecule has 1 saturated heterocycles. The Hall–Kier alpha value is -2.44. The Morgan fingerprint density at radius 3 is 2.74 bits per heavy atom. The number of nitrogens with zero attached hydrogens (tertiary/aromatic N) is 3. The molecule has 1 unspecified atom stereocenters. The molecule has 0 bridgehead atoms. The first kappa shape index (κ1) is 21.8. The number of rotatable bonds is 5. The molecule has 1 aromatic carbocycles. The average molecular weight is 462 g/mol. The zero-order chi connectivity index (χ0) is 22.0. The minimum atomic E-state index is -0.0351. The van der Waals surface area contributed by atoms with Crippen molar-refractivity contribution >= 4 is 41.0 Å². The number of carbonyl (C=O) groups excluding carboxylic acids is 1. The number of fused-ring (bicyclic) bond motifs is 1. The van der Waals surface area contributed by atoms with Crippen LogP contribution in [0.5, 0.6) is 11.5 Å². The molecule has 1 fully saturated rings. The number of halogens is 2. The summed E-state index contributed by atoms with van der Waals surface area (Å²) in [6.45, 7) is 7.05. The number of carbonyl (C=O) groups is 1. The van der Waals surface area contributed by atoms with Crippen LogP contribution < -0.4 is 14.4 Å². The van der Waals surface area contributed by atoms with E-state index in [1.54, 1.807) is 18.3 Å². The van der Waals surface area contributed by atoms with Gasteiger partial charge in [-0.2, -0.15) is 0 Å². The van der Waals surface area contributed by atoms with E-state index in [2.05, 4.69) is 9.88 Å². The second-order valence-electron chi connectivity index (χ2n) is 7.67. The fraction of sp³-hybridized carbons (Fsp3) is 0.391. The van der Waals surface area contributed by atoms with E-state index in [-0.39, 0.29) is 12.0 Å². The van der Waals surface area contributed by atoms with Gasteiger partial charge in [0.25, 0.3) is 0 Å². The van der Waals surface area contributed by atoms with Gasteiger partial charge in [0.1, 0.15) is 23.4 Å². The smallest absolute Gasteiger partial charge is 0.246 e. The third-order valence-corrected chi connectivity index (χ3v) is 5.90. The highest BCUT2D eigenvalue weighted by molar-refractivity contribution is 6.36. The number of ether oxygens (including phenoxy) is 2. The summed E-state index contributed by atoms with van der Waals surface area (Å²) < 4.78 is 11.6. The number of hydrogen-bond donors (Lipinski definition) is 0. The maximum atomic E-state index is 12.8. The second-order valence-corrected chi connectivity index (χ2v) is 8.51. The average Bonchev–Trinajstić information content (AvgIpc) is 3.11. The molecule has 1 aromatic heterocycles. The van der Waals surface area contributed by atoms with Crippen LogP contribution in [-0.2, 0) is 11.2 Å². The van der Waals surface area contributed by atoms with Crippen molar-refractivity contribution in [2.24, 2.45) is 0 Å². The summed E-state index contributed by atoms with van der Waals surface area (Å²) in [5.74, 6) is 2.30. The molecule has 0 spiro atoms. The largest absolute Gasteiger partial charge is 0.493 e. The Morgan fingerprint density at radius 1 is 1.26 bits per heavy atom. The maximum absolute atomic E-state index is 12.8. The van der Waals surface area contributed by atoms with Gasteiger partial charge in [0.2, 0.25) is 5.91 Å². The fourth-order valence-corrected chi connectivity index (χ4v) is 4.41. The predicted octanol–water partition coefficient (Wildman–Crippen LogP) is 4.47. The monoisotopic (exact) mass is 461 g/mol. The lowest BCUT2D eigenvalue weighted by atomic mass is 10.1. The van der Waals surface area contributed by atoms with Crippen molar-refractivity contribution in [3.63, 3.8) is 0 Å². The van der Waals surface area contributed by atoms with Crippen molar-refractivity contribution in [1.29, 1.82) is 0 Å². The Balaban J connectivity index is 1.42. The molecule has 0 N–H and O–H groups in total. The first-order valence-electron chi connectivity index (χ1n) is 10.4. The Bertz CT molecular complexity index is 1000. The van der Waals surface area contributed by atoms with Crippen molar-refractivity contribution in [1.82, 2.24) is 9.88 Å². The molecule has 6 nitrogen and oxygen atoms in total. The Kier molecular flexibility index (Phi) is 6.58. The third kappa shape index (κ3) is 4.91. The molecule has 1 amide bonds. The van der Waals surface area contributed by atoms with Gasteiger partial charge in [-0.3, -0.25) is 4.79 Å². The van der Waals surface area contributed by atoms with Gasteiger partial charge in [0.05, 0.1) is 16.7 Å². The van der Waals surface area contributed by atoms with Crippen LogP contribution in [0.15, 0.2) is 30.5 Å². The molecule has 2 aliphatic rings. The molecule has 2 aliphatic heterocycles. The molecule has 8 heteroatoms. The van der Waals surface area contributed by atoms with Gasteiger partial charge in [-0.05, 0) is 38.1 Å². The number of aromatic nitrogens is 1. The van der Waals surface area contributed by atoms with Crippen LogP contribution in [-0.4, -0.2) is 54.7 Å². The fourth-order valence-electron chi connectivity index (χ4n) is 3.91. The molecular formula is C23H25Cl2N3O3. The quantitative estimate of drug-likeness (QED) is 0.614. The second kappa shape index (κ2) is 9.37. The van der Waals surface area contributed by atoms with E-state index < -0.39 is 0 Å². The summed E-state index contributed by atoms with van der Waals surface area (Å²) in [5.41, 5.74) is 1.99. The van der Waals surface area contributed by atoms with E-state index in [4.69, 9.17) is 32.7 Å². The minimum Gasteiger partial charge on any atom is -0.493 e. The van der Waals surface area contributed by atoms with Gasteiger partial charge in [-0.25, -0.2) is 4.98 Å². The number of piperazine rings is 1. The van der Waals surface area contributed by atoms with Crippen LogP contribution in [0.25, 0.3) is 6.08 Å². The number of pyridine rings is 1. The highest BCUT2D eigenvalue weighted by atomic mass is 35.5. The van der Waals surface area contributed by atoms with E-state index in [1.165, 1.54) is 0 Å². The number of amides is 1. The van der Waals surface area contributed by atoms with Crippen molar-refractivity contribution in [2.75, 3.05) is 37.7 Å². The Labute approximate surface area is 192 Å². The third-order valence-electron chi connectivity index (χ3n) is 5.41. The molecule has 1 atom stereocenters. The first-order valence-corrected chi connectivity index (χ1v) is 11.2. The van der Waals surface area contributed by atoms with Gasteiger partial charge < -0.3 is 19.3 Å². The molecular weight excluding hydrogens is 437 g/mol. The zero-order valence-electron chi connectivity index (χ0n) is 17.6. The van der Waals surface area contributed by atoms with Crippen molar-refractivity contribution in [3.05, 3.63) is 51.6 Å². The summed E-state index contributed by atoms with van der Waals surface area (Å²) in [7, 11) is 0. The topological polar surface area (TPSA) is 54.9 Å². The van der Waals surface area contributed by atoms with E-state index >= 15 is 0 Å². The molecule has 3 heterocycles. The van der Waals surface area contributed by atoms with Crippen LogP contribution in [0, 0.1) is 0 Å². The highest BCUT2D eigenvalue weighted by Crippen LogP contribution is 2.35. The van der Waals surface area contributed by atoms with E-state index in [0.717, 1.165) is 29.0 Å². The first-order chi connectivity index (χ1) is 14.9. The standard InChI is InChI=1S/C23H25Cl2N3O3/c1-3-30-20-12-17-10-15(2)31-21(17)11-16(20)4-5-22(29)27-6-8-28(9-7-27)23-19(25)13-18(24)14-26-23/h4-5,11-15H,3,6-10H2,1-2H3/b5-4+. The lowest BCUT2D eigenvalue weighted by molar-refractivity contribution is -0.126. The Morgan fingerprint density at radius 2 is 2.03 bits per heavy atom. The summed E-state index contributed by atoms with van der Waals surface area (Å²) in [4.78, 5) is 21.0. The number of anilines is 1. The molecule has 2 aromatic rings. The van der Waals surface area contributed by atoms with E-state index in [1.807, 2.05) is 37.0 Å².